The first-order valence-corrected chi connectivity index (χ1v) is 9.49. The predicted octanol–water partition coefficient (Wildman–Crippen LogP) is 4.57. The second-order valence-corrected chi connectivity index (χ2v) is 7.35. The Labute approximate surface area is 165 Å². The molecule has 4 rings (SSSR count). The lowest BCUT2D eigenvalue weighted by Crippen LogP contribution is -2.21. The number of aromatic nitrogens is 3. The van der Waals surface area contributed by atoms with Gasteiger partial charge < -0.3 is 15.2 Å². The molecule has 4 aromatic rings. The van der Waals surface area contributed by atoms with E-state index in [4.69, 9.17) is 4.98 Å². The molecule has 0 aliphatic heterocycles. The van der Waals surface area contributed by atoms with Crippen LogP contribution in [0.1, 0.15) is 5.56 Å². The molecule has 5 heteroatoms. The minimum absolute atomic E-state index is 0.798. The molecule has 0 fully saturated rings. The molecule has 5 nitrogen and oxygen atoms in total. The topological polar surface area (TPSA) is 56.8 Å². The fourth-order valence-electron chi connectivity index (χ4n) is 3.25. The number of aryl methyl sites for hydroxylation is 1. The van der Waals surface area contributed by atoms with E-state index in [0.717, 1.165) is 35.7 Å². The molecule has 0 radical (unpaired) electrons. The van der Waals surface area contributed by atoms with E-state index in [0.29, 0.717) is 0 Å². The maximum absolute atomic E-state index is 4.74. The van der Waals surface area contributed by atoms with Crippen molar-refractivity contribution in [3.05, 3.63) is 66.6 Å². The van der Waals surface area contributed by atoms with Crippen molar-refractivity contribution in [1.82, 2.24) is 19.9 Å². The van der Waals surface area contributed by atoms with Crippen molar-refractivity contribution in [2.24, 2.45) is 0 Å². The van der Waals surface area contributed by atoms with Gasteiger partial charge in [-0.25, -0.2) is 4.98 Å². The van der Waals surface area contributed by atoms with E-state index >= 15 is 0 Å². The van der Waals surface area contributed by atoms with Crippen molar-refractivity contribution in [2.75, 3.05) is 32.5 Å². The molecule has 0 atom stereocenters. The van der Waals surface area contributed by atoms with Gasteiger partial charge in [0.05, 0.1) is 18.1 Å². The Morgan fingerprint density at radius 3 is 2.57 bits per heavy atom. The Balaban J connectivity index is 1.66. The van der Waals surface area contributed by atoms with Gasteiger partial charge in [-0.2, -0.15) is 0 Å². The lowest BCUT2D eigenvalue weighted by atomic mass is 10.0. The maximum Gasteiger partial charge on any atom is 0.145 e. The zero-order chi connectivity index (χ0) is 19.5. The molecule has 142 valence electrons. The predicted molar refractivity (Wildman–Crippen MR) is 117 cm³/mol. The number of fused-ring (bicyclic) bond motifs is 1. The number of nitrogens with one attached hydrogen (secondary N) is 2. The van der Waals surface area contributed by atoms with E-state index in [1.807, 2.05) is 6.20 Å². The van der Waals surface area contributed by atoms with E-state index in [2.05, 4.69) is 89.9 Å². The number of rotatable bonds is 6. The zero-order valence-electron chi connectivity index (χ0n) is 16.5. The Morgan fingerprint density at radius 2 is 1.79 bits per heavy atom. The van der Waals surface area contributed by atoms with Gasteiger partial charge in [-0.15, -0.1) is 0 Å². The van der Waals surface area contributed by atoms with Crippen LogP contribution in [0.3, 0.4) is 0 Å². The molecule has 0 saturated heterocycles. The number of nitrogens with zero attached hydrogens (tertiary/aromatic N) is 3. The summed E-state index contributed by atoms with van der Waals surface area (Å²) in [6.07, 6.45) is 5.66. The molecule has 0 aliphatic carbocycles. The van der Waals surface area contributed by atoms with Gasteiger partial charge in [0.2, 0.25) is 0 Å². The first kappa shape index (κ1) is 18.2. The van der Waals surface area contributed by atoms with Crippen LogP contribution in [0.4, 0.5) is 5.82 Å². The maximum atomic E-state index is 4.74. The molecule has 2 N–H and O–H groups in total. The smallest absolute Gasteiger partial charge is 0.145 e. The van der Waals surface area contributed by atoms with Crippen LogP contribution >= 0.6 is 0 Å². The van der Waals surface area contributed by atoms with Crippen LogP contribution in [0.5, 0.6) is 0 Å². The summed E-state index contributed by atoms with van der Waals surface area (Å²) < 4.78 is 0. The van der Waals surface area contributed by atoms with Gasteiger partial charge in [-0.05, 0) is 38.7 Å². The summed E-state index contributed by atoms with van der Waals surface area (Å²) in [5.74, 6) is 0.798. The molecule has 0 bridgehead atoms. The fraction of sp³-hybridized carbons (Fsp3) is 0.217. The summed E-state index contributed by atoms with van der Waals surface area (Å²) in [4.78, 5) is 14.6. The van der Waals surface area contributed by atoms with E-state index < -0.39 is 0 Å². The largest absolute Gasteiger partial charge is 0.367 e. The fourth-order valence-corrected chi connectivity index (χ4v) is 3.25. The van der Waals surface area contributed by atoms with Crippen molar-refractivity contribution in [2.45, 2.75) is 6.92 Å². The van der Waals surface area contributed by atoms with Crippen molar-refractivity contribution in [3.63, 3.8) is 0 Å². The Morgan fingerprint density at radius 1 is 1.00 bits per heavy atom. The first-order chi connectivity index (χ1) is 13.6. The first-order valence-electron chi connectivity index (χ1n) is 9.49. The number of benzene rings is 2. The Hall–Kier alpha value is -3.18. The molecule has 0 spiro atoms. The van der Waals surface area contributed by atoms with E-state index in [1.165, 1.54) is 22.1 Å². The van der Waals surface area contributed by atoms with Crippen molar-refractivity contribution >= 4 is 16.7 Å². The summed E-state index contributed by atoms with van der Waals surface area (Å²) in [5, 5.41) is 4.53. The highest BCUT2D eigenvalue weighted by Gasteiger charge is 2.09. The van der Waals surface area contributed by atoms with Crippen LogP contribution in [0.15, 0.2) is 61.1 Å². The van der Waals surface area contributed by atoms with Gasteiger partial charge in [-0.3, -0.25) is 4.98 Å². The molecule has 2 aromatic carbocycles. The second-order valence-electron chi connectivity index (χ2n) is 7.35. The van der Waals surface area contributed by atoms with E-state index in [-0.39, 0.29) is 0 Å². The minimum Gasteiger partial charge on any atom is -0.367 e. The molecule has 28 heavy (non-hydrogen) atoms. The van der Waals surface area contributed by atoms with Crippen molar-refractivity contribution in [3.8, 4) is 22.4 Å². The van der Waals surface area contributed by atoms with E-state index in [9.17, 15) is 0 Å². The van der Waals surface area contributed by atoms with Crippen LogP contribution in [0.25, 0.3) is 33.3 Å². The summed E-state index contributed by atoms with van der Waals surface area (Å²) in [5.41, 5.74) is 6.71. The van der Waals surface area contributed by atoms with E-state index in [1.54, 1.807) is 6.20 Å². The molecule has 2 heterocycles. The molecule has 2 aromatic heterocycles. The molecular weight excluding hydrogens is 346 g/mol. The number of H-pyrrole nitrogens is 1. The third-order valence-corrected chi connectivity index (χ3v) is 4.84. The second kappa shape index (κ2) is 7.82. The number of hydrogen-bond donors (Lipinski definition) is 2. The molecule has 0 unspecified atom stereocenters. The number of aromatic amines is 1. The zero-order valence-corrected chi connectivity index (χ0v) is 16.5. The van der Waals surface area contributed by atoms with Crippen molar-refractivity contribution in [1.29, 1.82) is 0 Å². The van der Waals surface area contributed by atoms with Gasteiger partial charge in [0.25, 0.3) is 0 Å². The SMILES string of the molecule is Cc1ccc(-c2c[nH]c3ccc(-c4cncc(NCCN(C)C)n4)cc23)cc1. The Kier molecular flexibility index (Phi) is 5.08. The van der Waals surface area contributed by atoms with Crippen LogP contribution in [0, 0.1) is 6.92 Å². The van der Waals surface area contributed by atoms with Gasteiger partial charge in [-0.1, -0.05) is 35.9 Å². The van der Waals surface area contributed by atoms with Crippen LogP contribution in [-0.2, 0) is 0 Å². The summed E-state index contributed by atoms with van der Waals surface area (Å²) >= 11 is 0. The monoisotopic (exact) mass is 371 g/mol. The standard InChI is InChI=1S/C23H25N5/c1-16-4-6-17(7-5-16)20-13-26-21-9-8-18(12-19(20)21)22-14-24-15-23(27-22)25-10-11-28(2)3/h4-9,12-15,26H,10-11H2,1-3H3,(H,25,27). The highest BCUT2D eigenvalue weighted by Crippen LogP contribution is 2.32. The average molecular weight is 371 g/mol. The molecule has 0 amide bonds. The highest BCUT2D eigenvalue weighted by atomic mass is 15.1. The summed E-state index contributed by atoms with van der Waals surface area (Å²) in [7, 11) is 4.11. The van der Waals surface area contributed by atoms with Crippen LogP contribution < -0.4 is 5.32 Å². The van der Waals surface area contributed by atoms with Gasteiger partial charge >= 0.3 is 0 Å². The third-order valence-electron chi connectivity index (χ3n) is 4.84. The third kappa shape index (κ3) is 3.89. The molecular formula is C23H25N5. The summed E-state index contributed by atoms with van der Waals surface area (Å²) in [6, 6.07) is 15.0. The van der Waals surface area contributed by atoms with Gasteiger partial charge in [0.15, 0.2) is 0 Å². The minimum atomic E-state index is 0.798. The normalized spacial score (nSPS) is 11.3. The van der Waals surface area contributed by atoms with Gasteiger partial charge in [0, 0.05) is 41.3 Å². The van der Waals surface area contributed by atoms with Crippen molar-refractivity contribution < 1.29 is 0 Å². The van der Waals surface area contributed by atoms with Crippen LogP contribution in [0.2, 0.25) is 0 Å². The number of likely N-dealkylation sites (N-methyl/N-ethyl adjacent to an activating group) is 1. The molecule has 0 aliphatic rings. The number of hydrogen-bond acceptors (Lipinski definition) is 4. The lowest BCUT2D eigenvalue weighted by molar-refractivity contribution is 0.425. The lowest BCUT2D eigenvalue weighted by Gasteiger charge is -2.11. The summed E-state index contributed by atoms with van der Waals surface area (Å²) in [6.45, 7) is 3.88. The van der Waals surface area contributed by atoms with Gasteiger partial charge in [0.1, 0.15) is 5.82 Å². The number of anilines is 1. The highest BCUT2D eigenvalue weighted by molar-refractivity contribution is 5.97. The molecule has 0 saturated carbocycles. The van der Waals surface area contributed by atoms with Crippen LogP contribution in [-0.4, -0.2) is 47.0 Å². The average Bonchev–Trinajstić information content (AvgIpc) is 3.12. The quantitative estimate of drug-likeness (QED) is 0.521. The Bertz CT molecular complexity index is 1080.